The summed E-state index contributed by atoms with van der Waals surface area (Å²) in [5.74, 6) is 0.927. The second-order valence-electron chi connectivity index (χ2n) is 7.77. The zero-order chi connectivity index (χ0) is 13.5. The van der Waals surface area contributed by atoms with Crippen molar-refractivity contribution in [3.05, 3.63) is 0 Å². The molecule has 1 saturated carbocycles. The molecule has 0 radical (unpaired) electrons. The van der Waals surface area contributed by atoms with Gasteiger partial charge in [0.25, 0.3) is 0 Å². The summed E-state index contributed by atoms with van der Waals surface area (Å²) in [6.07, 6.45) is 10.1. The second-order valence-corrected chi connectivity index (χ2v) is 7.77. The minimum atomic E-state index is 0.830. The van der Waals surface area contributed by atoms with E-state index in [1.807, 2.05) is 0 Å². The third-order valence-corrected chi connectivity index (χ3v) is 6.29. The zero-order valence-corrected chi connectivity index (χ0v) is 13.1. The van der Waals surface area contributed by atoms with Crippen molar-refractivity contribution in [2.45, 2.75) is 76.0 Å². The first-order valence-electron chi connectivity index (χ1n) is 9.04. The molecule has 4 unspecified atom stereocenters. The van der Waals surface area contributed by atoms with Crippen LogP contribution in [0.4, 0.5) is 0 Å². The maximum atomic E-state index is 3.75. The Morgan fingerprint density at radius 2 is 1.85 bits per heavy atom. The molecule has 0 amide bonds. The highest BCUT2D eigenvalue weighted by atomic mass is 15.3. The van der Waals surface area contributed by atoms with Gasteiger partial charge in [0.1, 0.15) is 0 Å². The first kappa shape index (κ1) is 13.5. The van der Waals surface area contributed by atoms with E-state index < -0.39 is 0 Å². The number of piperidine rings is 1. The van der Waals surface area contributed by atoms with E-state index in [4.69, 9.17) is 0 Å². The van der Waals surface area contributed by atoms with Gasteiger partial charge in [-0.3, -0.25) is 9.80 Å². The van der Waals surface area contributed by atoms with Gasteiger partial charge in [0.15, 0.2) is 0 Å². The first-order chi connectivity index (χ1) is 9.81. The third kappa shape index (κ3) is 2.65. The summed E-state index contributed by atoms with van der Waals surface area (Å²) in [5.41, 5.74) is 0. The van der Waals surface area contributed by atoms with Crippen LogP contribution < -0.4 is 5.32 Å². The lowest BCUT2D eigenvalue weighted by Gasteiger charge is -2.39. The SMILES string of the molecule is CC1CC(N2CCCC(C3CCCN3)C2)CN1C1CC1. The van der Waals surface area contributed by atoms with E-state index in [1.165, 1.54) is 71.1 Å². The Kier molecular flexibility index (Phi) is 3.78. The highest BCUT2D eigenvalue weighted by Gasteiger charge is 2.41. The fourth-order valence-electron chi connectivity index (χ4n) is 5.02. The van der Waals surface area contributed by atoms with Crippen LogP contribution in [-0.4, -0.2) is 60.1 Å². The molecule has 114 valence electrons. The van der Waals surface area contributed by atoms with Crippen LogP contribution in [0.1, 0.15) is 51.9 Å². The molecule has 3 heteroatoms. The number of nitrogens with zero attached hydrogens (tertiary/aromatic N) is 2. The average Bonchev–Trinajstić information content (AvgIpc) is 3.02. The number of likely N-dealkylation sites (tertiary alicyclic amines) is 2. The maximum absolute atomic E-state index is 3.75. The Labute approximate surface area is 124 Å². The standard InChI is InChI=1S/C17H31N3/c1-13-10-16(12-20(13)15-6-7-15)19-9-3-4-14(11-19)17-5-2-8-18-17/h13-18H,2-12H2,1H3. The lowest BCUT2D eigenvalue weighted by Crippen LogP contribution is -2.48. The van der Waals surface area contributed by atoms with Gasteiger partial charge in [-0.05, 0) is 70.9 Å². The fraction of sp³-hybridized carbons (Fsp3) is 1.00. The van der Waals surface area contributed by atoms with Crippen LogP contribution in [0.15, 0.2) is 0 Å². The molecule has 0 aromatic rings. The van der Waals surface area contributed by atoms with Gasteiger partial charge in [0, 0.05) is 37.3 Å². The first-order valence-corrected chi connectivity index (χ1v) is 9.04. The van der Waals surface area contributed by atoms with Gasteiger partial charge in [0.2, 0.25) is 0 Å². The van der Waals surface area contributed by atoms with E-state index in [0.29, 0.717) is 0 Å². The fourth-order valence-corrected chi connectivity index (χ4v) is 5.02. The minimum absolute atomic E-state index is 0.830. The molecule has 4 fully saturated rings. The molecule has 4 aliphatic rings. The van der Waals surface area contributed by atoms with Crippen LogP contribution in [-0.2, 0) is 0 Å². The maximum Gasteiger partial charge on any atom is 0.0238 e. The summed E-state index contributed by atoms with van der Waals surface area (Å²) < 4.78 is 0. The Balaban J connectivity index is 1.36. The van der Waals surface area contributed by atoms with Crippen molar-refractivity contribution in [1.29, 1.82) is 0 Å². The molecule has 0 aromatic heterocycles. The summed E-state index contributed by atoms with van der Waals surface area (Å²) in [6.45, 7) is 7.80. The number of hydrogen-bond acceptors (Lipinski definition) is 3. The van der Waals surface area contributed by atoms with Crippen molar-refractivity contribution >= 4 is 0 Å². The van der Waals surface area contributed by atoms with Crippen LogP contribution in [0, 0.1) is 5.92 Å². The van der Waals surface area contributed by atoms with Gasteiger partial charge in [-0.1, -0.05) is 0 Å². The van der Waals surface area contributed by atoms with Crippen molar-refractivity contribution < 1.29 is 0 Å². The van der Waals surface area contributed by atoms with Crippen LogP contribution in [0.25, 0.3) is 0 Å². The van der Waals surface area contributed by atoms with Gasteiger partial charge < -0.3 is 5.32 Å². The molecule has 3 aliphatic heterocycles. The van der Waals surface area contributed by atoms with Crippen molar-refractivity contribution in [3.8, 4) is 0 Å². The van der Waals surface area contributed by atoms with Gasteiger partial charge in [-0.25, -0.2) is 0 Å². The lowest BCUT2D eigenvalue weighted by molar-refractivity contribution is 0.108. The van der Waals surface area contributed by atoms with Crippen LogP contribution in [0.5, 0.6) is 0 Å². The third-order valence-electron chi connectivity index (χ3n) is 6.29. The Hall–Kier alpha value is -0.120. The molecule has 4 rings (SSSR count). The monoisotopic (exact) mass is 277 g/mol. The molecular weight excluding hydrogens is 246 g/mol. The summed E-state index contributed by atoms with van der Waals surface area (Å²) in [7, 11) is 0. The summed E-state index contributed by atoms with van der Waals surface area (Å²) in [5, 5.41) is 3.75. The topological polar surface area (TPSA) is 18.5 Å². The van der Waals surface area contributed by atoms with Crippen LogP contribution in [0.3, 0.4) is 0 Å². The van der Waals surface area contributed by atoms with Crippen molar-refractivity contribution in [2.75, 3.05) is 26.2 Å². The normalized spacial score (nSPS) is 44.2. The molecule has 0 aromatic carbocycles. The molecule has 3 nitrogen and oxygen atoms in total. The smallest absolute Gasteiger partial charge is 0.0238 e. The Morgan fingerprint density at radius 1 is 0.950 bits per heavy atom. The molecule has 4 atom stereocenters. The number of hydrogen-bond donors (Lipinski definition) is 1. The quantitative estimate of drug-likeness (QED) is 0.852. The zero-order valence-electron chi connectivity index (χ0n) is 13.1. The second kappa shape index (κ2) is 5.58. The molecule has 0 spiro atoms. The van der Waals surface area contributed by atoms with Crippen molar-refractivity contribution in [2.24, 2.45) is 5.92 Å². The summed E-state index contributed by atoms with van der Waals surface area (Å²) >= 11 is 0. The molecule has 3 saturated heterocycles. The van der Waals surface area contributed by atoms with Crippen LogP contribution >= 0.6 is 0 Å². The summed E-state index contributed by atoms with van der Waals surface area (Å²) in [6, 6.07) is 3.47. The van der Waals surface area contributed by atoms with Crippen molar-refractivity contribution in [3.63, 3.8) is 0 Å². The largest absolute Gasteiger partial charge is 0.314 e. The molecule has 1 N–H and O–H groups in total. The van der Waals surface area contributed by atoms with E-state index in [9.17, 15) is 0 Å². The van der Waals surface area contributed by atoms with Gasteiger partial charge in [0.05, 0.1) is 0 Å². The van der Waals surface area contributed by atoms with E-state index in [-0.39, 0.29) is 0 Å². The number of nitrogens with one attached hydrogen (secondary N) is 1. The van der Waals surface area contributed by atoms with Crippen molar-refractivity contribution in [1.82, 2.24) is 15.1 Å². The molecule has 3 heterocycles. The Bertz CT molecular complexity index is 335. The predicted molar refractivity (Wildman–Crippen MR) is 82.9 cm³/mol. The summed E-state index contributed by atoms with van der Waals surface area (Å²) in [4.78, 5) is 5.66. The predicted octanol–water partition coefficient (Wildman–Crippen LogP) is 2.08. The highest BCUT2D eigenvalue weighted by Crippen LogP contribution is 2.36. The van der Waals surface area contributed by atoms with Gasteiger partial charge in [-0.2, -0.15) is 0 Å². The number of rotatable bonds is 3. The highest BCUT2D eigenvalue weighted by molar-refractivity contribution is 4.98. The van der Waals surface area contributed by atoms with Gasteiger partial charge in [-0.15, -0.1) is 0 Å². The van der Waals surface area contributed by atoms with Gasteiger partial charge >= 0.3 is 0 Å². The average molecular weight is 277 g/mol. The molecule has 1 aliphatic carbocycles. The molecular formula is C17H31N3. The van der Waals surface area contributed by atoms with E-state index in [2.05, 4.69) is 22.0 Å². The minimum Gasteiger partial charge on any atom is -0.314 e. The molecule has 0 bridgehead atoms. The molecule has 20 heavy (non-hydrogen) atoms. The lowest BCUT2D eigenvalue weighted by atomic mass is 9.89. The van der Waals surface area contributed by atoms with E-state index in [0.717, 1.165) is 30.1 Å². The van der Waals surface area contributed by atoms with Crippen LogP contribution in [0.2, 0.25) is 0 Å². The van der Waals surface area contributed by atoms with E-state index in [1.54, 1.807) is 0 Å². The van der Waals surface area contributed by atoms with E-state index >= 15 is 0 Å². The Morgan fingerprint density at radius 3 is 2.60 bits per heavy atom.